The van der Waals surface area contributed by atoms with Gasteiger partial charge in [0.1, 0.15) is 13.2 Å². The first-order valence-corrected chi connectivity index (χ1v) is 29.1. The van der Waals surface area contributed by atoms with Gasteiger partial charge < -0.3 is 14.2 Å². The van der Waals surface area contributed by atoms with Crippen LogP contribution in [-0.4, -0.2) is 37.2 Å². The van der Waals surface area contributed by atoms with E-state index in [1.165, 1.54) is 180 Å². The van der Waals surface area contributed by atoms with Crippen molar-refractivity contribution >= 4 is 17.9 Å². The molecular formula is C61H110O6. The molecule has 0 radical (unpaired) electrons. The van der Waals surface area contributed by atoms with E-state index in [9.17, 15) is 14.4 Å². The molecular weight excluding hydrogens is 829 g/mol. The Kier molecular flexibility index (Phi) is 53.8. The van der Waals surface area contributed by atoms with Crippen molar-refractivity contribution < 1.29 is 28.6 Å². The minimum absolute atomic E-state index is 0.0798. The maximum atomic E-state index is 12.9. The highest BCUT2D eigenvalue weighted by molar-refractivity contribution is 5.71. The summed E-state index contributed by atoms with van der Waals surface area (Å²) in [7, 11) is 0. The van der Waals surface area contributed by atoms with Gasteiger partial charge in [-0.2, -0.15) is 0 Å². The molecule has 0 N–H and O–H groups in total. The van der Waals surface area contributed by atoms with E-state index in [-0.39, 0.29) is 31.1 Å². The first-order valence-electron chi connectivity index (χ1n) is 29.1. The summed E-state index contributed by atoms with van der Waals surface area (Å²) in [6.07, 6.45) is 68.1. The van der Waals surface area contributed by atoms with Crippen LogP contribution in [0, 0.1) is 0 Å². The van der Waals surface area contributed by atoms with E-state index in [2.05, 4.69) is 69.4 Å². The summed E-state index contributed by atoms with van der Waals surface area (Å²) in [5.41, 5.74) is 0. The third-order valence-electron chi connectivity index (χ3n) is 12.8. The van der Waals surface area contributed by atoms with Gasteiger partial charge in [-0.3, -0.25) is 14.4 Å². The van der Waals surface area contributed by atoms with Crippen molar-refractivity contribution in [3.8, 4) is 0 Å². The zero-order chi connectivity index (χ0) is 48.6. The number of unbranched alkanes of at least 4 members (excludes halogenated alkanes) is 34. The lowest BCUT2D eigenvalue weighted by atomic mass is 10.0. The minimum atomic E-state index is -0.782. The number of esters is 3. The molecule has 0 fully saturated rings. The van der Waals surface area contributed by atoms with Gasteiger partial charge in [-0.1, -0.05) is 249 Å². The SMILES string of the molecule is CCCCC/C=C\C/C=C\C/C=C\CCCCCCC(=O)OC[C@H](COC(=O)CCCCCCCCC/C=C\CCCCCCCC)OC(=O)CCCCCCCCCCCCCCCCC. The lowest BCUT2D eigenvalue weighted by Crippen LogP contribution is -2.30. The van der Waals surface area contributed by atoms with Crippen LogP contribution in [0.2, 0.25) is 0 Å². The Balaban J connectivity index is 4.39. The second kappa shape index (κ2) is 56.0. The van der Waals surface area contributed by atoms with Crippen molar-refractivity contribution in [1.82, 2.24) is 0 Å². The Morgan fingerprint density at radius 3 is 0.881 bits per heavy atom. The fraction of sp³-hybridized carbons (Fsp3) is 0.820. The standard InChI is InChI=1S/C61H110O6/c1-4-7-10-13-16-19-22-25-28-30-33-35-38-41-44-47-50-53-59(62)65-56-58(67-61(64)55-52-49-46-43-40-37-32-27-24-21-18-15-12-9-6-3)57-66-60(63)54-51-48-45-42-39-36-34-31-29-26-23-20-17-14-11-8-5-2/h16,19,25-26,28-29,33,35,58H,4-15,17-18,20-24,27,30-32,34,36-57H2,1-3H3/b19-16-,28-25-,29-26-,35-33-/t58-/m1/s1. The van der Waals surface area contributed by atoms with Crippen molar-refractivity contribution in [3.05, 3.63) is 48.6 Å². The van der Waals surface area contributed by atoms with Crippen molar-refractivity contribution in [2.75, 3.05) is 13.2 Å². The number of ether oxygens (including phenoxy) is 3. The Morgan fingerprint density at radius 1 is 0.299 bits per heavy atom. The number of carbonyl (C=O) groups excluding carboxylic acids is 3. The fourth-order valence-electron chi connectivity index (χ4n) is 8.39. The smallest absolute Gasteiger partial charge is 0.306 e. The Bertz CT molecular complexity index is 1170. The average Bonchev–Trinajstić information content (AvgIpc) is 3.33. The summed E-state index contributed by atoms with van der Waals surface area (Å²) in [6, 6.07) is 0. The molecule has 0 aromatic rings. The molecule has 67 heavy (non-hydrogen) atoms. The summed E-state index contributed by atoms with van der Waals surface area (Å²) >= 11 is 0. The Hall–Kier alpha value is -2.63. The Labute approximate surface area is 416 Å². The van der Waals surface area contributed by atoms with Gasteiger partial charge in [0.2, 0.25) is 0 Å². The summed E-state index contributed by atoms with van der Waals surface area (Å²) in [4.78, 5) is 38.2. The molecule has 0 aliphatic carbocycles. The zero-order valence-corrected chi connectivity index (χ0v) is 44.7. The van der Waals surface area contributed by atoms with Gasteiger partial charge in [0, 0.05) is 19.3 Å². The second-order valence-electron chi connectivity index (χ2n) is 19.6. The van der Waals surface area contributed by atoms with E-state index in [1.807, 2.05) is 0 Å². The number of carbonyl (C=O) groups is 3. The second-order valence-corrected chi connectivity index (χ2v) is 19.6. The number of allylic oxidation sites excluding steroid dienone is 8. The quantitative estimate of drug-likeness (QED) is 0.0262. The maximum absolute atomic E-state index is 12.9. The van der Waals surface area contributed by atoms with Crippen LogP contribution in [0.5, 0.6) is 0 Å². The van der Waals surface area contributed by atoms with Gasteiger partial charge in [0.25, 0.3) is 0 Å². The number of hydrogen-bond donors (Lipinski definition) is 0. The van der Waals surface area contributed by atoms with Gasteiger partial charge in [-0.05, 0) is 83.5 Å². The molecule has 1 atom stereocenters. The third-order valence-corrected chi connectivity index (χ3v) is 12.8. The molecule has 390 valence electrons. The molecule has 6 nitrogen and oxygen atoms in total. The van der Waals surface area contributed by atoms with Crippen LogP contribution < -0.4 is 0 Å². The van der Waals surface area contributed by atoms with E-state index < -0.39 is 6.10 Å². The minimum Gasteiger partial charge on any atom is -0.462 e. The molecule has 0 aliphatic heterocycles. The van der Waals surface area contributed by atoms with Crippen LogP contribution in [0.4, 0.5) is 0 Å². The summed E-state index contributed by atoms with van der Waals surface area (Å²) in [6.45, 7) is 6.62. The van der Waals surface area contributed by atoms with Crippen LogP contribution in [0.25, 0.3) is 0 Å². The lowest BCUT2D eigenvalue weighted by molar-refractivity contribution is -0.167. The molecule has 0 aromatic carbocycles. The topological polar surface area (TPSA) is 78.9 Å². The highest BCUT2D eigenvalue weighted by Crippen LogP contribution is 2.16. The van der Waals surface area contributed by atoms with E-state index in [0.29, 0.717) is 19.3 Å². The summed E-state index contributed by atoms with van der Waals surface area (Å²) < 4.78 is 16.9. The molecule has 0 rings (SSSR count). The van der Waals surface area contributed by atoms with E-state index in [1.54, 1.807) is 0 Å². The molecule has 0 amide bonds. The monoisotopic (exact) mass is 939 g/mol. The molecule has 0 aromatic heterocycles. The molecule has 0 unspecified atom stereocenters. The largest absolute Gasteiger partial charge is 0.462 e. The molecule has 0 saturated carbocycles. The first kappa shape index (κ1) is 64.4. The highest BCUT2D eigenvalue weighted by Gasteiger charge is 2.19. The number of rotatable bonds is 53. The third kappa shape index (κ3) is 54.2. The summed E-state index contributed by atoms with van der Waals surface area (Å²) in [5.74, 6) is -0.890. The van der Waals surface area contributed by atoms with Gasteiger partial charge in [-0.25, -0.2) is 0 Å². The maximum Gasteiger partial charge on any atom is 0.306 e. The molecule has 6 heteroatoms. The fourth-order valence-corrected chi connectivity index (χ4v) is 8.39. The van der Waals surface area contributed by atoms with Gasteiger partial charge in [0.05, 0.1) is 0 Å². The predicted octanol–water partition coefficient (Wildman–Crippen LogP) is 19.4. The average molecular weight is 940 g/mol. The highest BCUT2D eigenvalue weighted by atomic mass is 16.6. The summed E-state index contributed by atoms with van der Waals surface area (Å²) in [5, 5.41) is 0. The van der Waals surface area contributed by atoms with Crippen molar-refractivity contribution in [1.29, 1.82) is 0 Å². The Morgan fingerprint density at radius 2 is 0.537 bits per heavy atom. The molecule has 0 spiro atoms. The van der Waals surface area contributed by atoms with Crippen LogP contribution in [0.15, 0.2) is 48.6 Å². The van der Waals surface area contributed by atoms with Gasteiger partial charge in [0.15, 0.2) is 6.10 Å². The van der Waals surface area contributed by atoms with Crippen molar-refractivity contribution in [2.45, 2.75) is 309 Å². The van der Waals surface area contributed by atoms with Crippen LogP contribution in [0.1, 0.15) is 303 Å². The van der Waals surface area contributed by atoms with Crippen LogP contribution in [-0.2, 0) is 28.6 Å². The molecule has 0 heterocycles. The zero-order valence-electron chi connectivity index (χ0n) is 44.7. The van der Waals surface area contributed by atoms with E-state index >= 15 is 0 Å². The number of hydrogen-bond acceptors (Lipinski definition) is 6. The van der Waals surface area contributed by atoms with E-state index in [0.717, 1.165) is 83.5 Å². The van der Waals surface area contributed by atoms with Gasteiger partial charge >= 0.3 is 17.9 Å². The van der Waals surface area contributed by atoms with Crippen molar-refractivity contribution in [2.24, 2.45) is 0 Å². The predicted molar refractivity (Wildman–Crippen MR) is 289 cm³/mol. The van der Waals surface area contributed by atoms with E-state index in [4.69, 9.17) is 14.2 Å². The molecule has 0 saturated heterocycles. The first-order chi connectivity index (χ1) is 33.0. The lowest BCUT2D eigenvalue weighted by Gasteiger charge is -2.18. The van der Waals surface area contributed by atoms with Crippen LogP contribution in [0.3, 0.4) is 0 Å². The van der Waals surface area contributed by atoms with Crippen molar-refractivity contribution in [3.63, 3.8) is 0 Å². The van der Waals surface area contributed by atoms with Gasteiger partial charge in [-0.15, -0.1) is 0 Å². The molecule has 0 bridgehead atoms. The molecule has 0 aliphatic rings. The normalized spacial score (nSPS) is 12.3. The van der Waals surface area contributed by atoms with Crippen LogP contribution >= 0.6 is 0 Å².